The highest BCUT2D eigenvalue weighted by atomic mass is 19.2. The van der Waals surface area contributed by atoms with Gasteiger partial charge in [0.05, 0.1) is 12.7 Å². The number of benzene rings is 3. The number of hydrogen-bond donors (Lipinski definition) is 0. The number of ether oxygens (including phenoxy) is 2. The van der Waals surface area contributed by atoms with Gasteiger partial charge in [-0.05, 0) is 66.8 Å². The number of methoxy groups -OCH3 is 1. The lowest BCUT2D eigenvalue weighted by molar-refractivity contribution is 0.0655. The normalized spacial score (nSPS) is 18.3. The molecule has 1 fully saturated rings. The summed E-state index contributed by atoms with van der Waals surface area (Å²) in [5.74, 6) is -1.86. The molecule has 0 spiro atoms. The lowest BCUT2D eigenvalue weighted by atomic mass is 9.82. The molecule has 0 bridgehead atoms. The quantitative estimate of drug-likeness (QED) is 0.303. The Morgan fingerprint density at radius 2 is 1.60 bits per heavy atom. The van der Waals surface area contributed by atoms with Crippen LogP contribution in [-0.2, 0) is 16.1 Å². The summed E-state index contributed by atoms with van der Waals surface area (Å²) in [5, 5.41) is 0. The zero-order chi connectivity index (χ0) is 24.8. The summed E-state index contributed by atoms with van der Waals surface area (Å²) in [4.78, 5) is 0. The maximum absolute atomic E-state index is 15.0. The van der Waals surface area contributed by atoms with E-state index in [1.54, 1.807) is 49.6 Å². The topological polar surface area (TPSA) is 18.5 Å². The van der Waals surface area contributed by atoms with Gasteiger partial charge in [-0.15, -0.1) is 0 Å². The molecule has 0 unspecified atom stereocenters. The molecule has 0 amide bonds. The predicted molar refractivity (Wildman–Crippen MR) is 134 cm³/mol. The van der Waals surface area contributed by atoms with Crippen molar-refractivity contribution in [3.63, 3.8) is 0 Å². The van der Waals surface area contributed by atoms with E-state index in [1.807, 2.05) is 25.1 Å². The summed E-state index contributed by atoms with van der Waals surface area (Å²) >= 11 is 0. The Bertz CT molecular complexity index is 1160. The van der Waals surface area contributed by atoms with Gasteiger partial charge in [0.1, 0.15) is 5.82 Å². The monoisotopic (exact) mass is 480 g/mol. The van der Waals surface area contributed by atoms with E-state index in [0.717, 1.165) is 36.8 Å². The highest BCUT2D eigenvalue weighted by Gasteiger charge is 2.26. The molecule has 3 aromatic carbocycles. The Morgan fingerprint density at radius 1 is 0.857 bits per heavy atom. The smallest absolute Gasteiger partial charge is 0.166 e. The minimum absolute atomic E-state index is 0.0195. The highest BCUT2D eigenvalue weighted by molar-refractivity contribution is 5.72. The van der Waals surface area contributed by atoms with Crippen molar-refractivity contribution >= 4 is 12.2 Å². The van der Waals surface area contributed by atoms with Crippen molar-refractivity contribution in [3.05, 3.63) is 94.3 Å². The van der Waals surface area contributed by atoms with Gasteiger partial charge in [0.2, 0.25) is 0 Å². The van der Waals surface area contributed by atoms with Crippen molar-refractivity contribution in [3.8, 4) is 11.1 Å². The highest BCUT2D eigenvalue weighted by Crippen LogP contribution is 2.37. The lowest BCUT2D eigenvalue weighted by Crippen LogP contribution is -2.20. The molecule has 2 nitrogen and oxygen atoms in total. The summed E-state index contributed by atoms with van der Waals surface area (Å²) < 4.78 is 55.0. The van der Waals surface area contributed by atoms with Gasteiger partial charge in [0.15, 0.2) is 11.6 Å². The van der Waals surface area contributed by atoms with Crippen molar-refractivity contribution < 1.29 is 22.6 Å². The molecule has 3 aromatic rings. The molecule has 0 aromatic heterocycles. The van der Waals surface area contributed by atoms with Gasteiger partial charge in [0.25, 0.3) is 0 Å². The Balaban J connectivity index is 1.46. The fourth-order valence-electron chi connectivity index (χ4n) is 4.69. The second-order valence-corrected chi connectivity index (χ2v) is 8.99. The van der Waals surface area contributed by atoms with Gasteiger partial charge in [0, 0.05) is 24.8 Å². The average Bonchev–Trinajstić information content (AvgIpc) is 2.89. The van der Waals surface area contributed by atoms with Crippen LogP contribution >= 0.6 is 0 Å². The SMILES string of the molecule is CCOCc1ccc(/C=C/c2ccc(-c3ccc(C4CCC(OC)CC4)c(F)c3F)cc2)c(F)c1. The summed E-state index contributed by atoms with van der Waals surface area (Å²) in [6.07, 6.45) is 7.02. The van der Waals surface area contributed by atoms with Crippen LogP contribution in [0.5, 0.6) is 0 Å². The molecule has 0 radical (unpaired) electrons. The maximum Gasteiger partial charge on any atom is 0.166 e. The summed E-state index contributed by atoms with van der Waals surface area (Å²) in [6, 6.07) is 15.5. The predicted octanol–water partition coefficient (Wildman–Crippen LogP) is 8.15. The molecule has 5 heteroatoms. The minimum Gasteiger partial charge on any atom is -0.381 e. The van der Waals surface area contributed by atoms with Crippen molar-refractivity contribution in [2.24, 2.45) is 0 Å². The molecule has 35 heavy (non-hydrogen) atoms. The maximum atomic E-state index is 15.0. The largest absolute Gasteiger partial charge is 0.381 e. The third-order valence-corrected chi connectivity index (χ3v) is 6.77. The molecule has 1 aliphatic carbocycles. The summed E-state index contributed by atoms with van der Waals surface area (Å²) in [5.41, 5.74) is 3.38. The van der Waals surface area contributed by atoms with Crippen LogP contribution in [0, 0.1) is 17.5 Å². The first-order chi connectivity index (χ1) is 17.0. The molecule has 0 atom stereocenters. The van der Waals surface area contributed by atoms with Gasteiger partial charge >= 0.3 is 0 Å². The zero-order valence-electron chi connectivity index (χ0n) is 20.2. The van der Waals surface area contributed by atoms with Crippen LogP contribution in [0.3, 0.4) is 0 Å². The van der Waals surface area contributed by atoms with E-state index in [-0.39, 0.29) is 23.4 Å². The van der Waals surface area contributed by atoms with Crippen molar-refractivity contribution in [1.29, 1.82) is 0 Å². The van der Waals surface area contributed by atoms with E-state index in [2.05, 4.69) is 0 Å². The second-order valence-electron chi connectivity index (χ2n) is 8.99. The molecule has 1 saturated carbocycles. The molecular formula is C30H31F3O2. The van der Waals surface area contributed by atoms with Crippen LogP contribution in [-0.4, -0.2) is 19.8 Å². The van der Waals surface area contributed by atoms with Crippen molar-refractivity contribution in [1.82, 2.24) is 0 Å². The lowest BCUT2D eigenvalue weighted by Gasteiger charge is -2.28. The third-order valence-electron chi connectivity index (χ3n) is 6.77. The number of hydrogen-bond acceptors (Lipinski definition) is 2. The molecule has 0 aliphatic heterocycles. The number of rotatable bonds is 8. The van der Waals surface area contributed by atoms with Crippen LogP contribution in [0.15, 0.2) is 54.6 Å². The third kappa shape index (κ3) is 6.03. The van der Waals surface area contributed by atoms with Crippen molar-refractivity contribution in [2.75, 3.05) is 13.7 Å². The van der Waals surface area contributed by atoms with E-state index < -0.39 is 11.6 Å². The van der Waals surface area contributed by atoms with E-state index in [1.165, 1.54) is 6.07 Å². The van der Waals surface area contributed by atoms with E-state index in [9.17, 15) is 8.78 Å². The van der Waals surface area contributed by atoms with E-state index >= 15 is 4.39 Å². The first kappa shape index (κ1) is 25.2. The Morgan fingerprint density at radius 3 is 2.26 bits per heavy atom. The van der Waals surface area contributed by atoms with Crippen LogP contribution in [0.4, 0.5) is 13.2 Å². The first-order valence-electron chi connectivity index (χ1n) is 12.2. The summed E-state index contributed by atoms with van der Waals surface area (Å²) in [6.45, 7) is 2.86. The van der Waals surface area contributed by atoms with Gasteiger partial charge in [-0.25, -0.2) is 13.2 Å². The van der Waals surface area contributed by atoms with Crippen LogP contribution < -0.4 is 0 Å². The summed E-state index contributed by atoms with van der Waals surface area (Å²) in [7, 11) is 1.70. The Hall–Kier alpha value is -2.89. The van der Waals surface area contributed by atoms with Crippen LogP contribution in [0.25, 0.3) is 23.3 Å². The van der Waals surface area contributed by atoms with E-state index in [0.29, 0.717) is 29.9 Å². The molecule has 0 saturated heterocycles. The molecule has 0 heterocycles. The molecule has 1 aliphatic rings. The van der Waals surface area contributed by atoms with Gasteiger partial charge in [-0.3, -0.25) is 0 Å². The standard InChI is InChI=1S/C30H31F3O2/c1-3-35-19-21-7-11-24(28(31)18-21)10-6-20-4-8-22(9-5-20)26-16-17-27(30(33)29(26)32)23-12-14-25(34-2)15-13-23/h4-11,16-18,23,25H,3,12-15,19H2,1-2H3/b10-6+. The second kappa shape index (κ2) is 11.7. The van der Waals surface area contributed by atoms with Gasteiger partial charge in [-0.2, -0.15) is 0 Å². The molecular weight excluding hydrogens is 449 g/mol. The number of halogens is 3. The first-order valence-corrected chi connectivity index (χ1v) is 12.2. The van der Waals surface area contributed by atoms with Gasteiger partial charge in [-0.1, -0.05) is 60.7 Å². The Labute approximate surface area is 205 Å². The van der Waals surface area contributed by atoms with Crippen LogP contribution in [0.2, 0.25) is 0 Å². The zero-order valence-corrected chi connectivity index (χ0v) is 20.2. The molecule has 4 rings (SSSR count). The Kier molecular flexibility index (Phi) is 8.42. The van der Waals surface area contributed by atoms with Crippen LogP contribution in [0.1, 0.15) is 60.8 Å². The van der Waals surface area contributed by atoms with Crippen molar-refractivity contribution in [2.45, 2.75) is 51.2 Å². The van der Waals surface area contributed by atoms with E-state index in [4.69, 9.17) is 9.47 Å². The minimum atomic E-state index is -0.811. The molecule has 184 valence electrons. The average molecular weight is 481 g/mol. The fourth-order valence-corrected chi connectivity index (χ4v) is 4.69. The molecule has 0 N–H and O–H groups in total. The fraction of sp³-hybridized carbons (Fsp3) is 0.333. The van der Waals surface area contributed by atoms with Gasteiger partial charge < -0.3 is 9.47 Å².